The highest BCUT2D eigenvalue weighted by atomic mass is 19.4. The zero-order chi connectivity index (χ0) is 15.2. The Labute approximate surface area is 116 Å². The third-order valence-electron chi connectivity index (χ3n) is 2.63. The second-order valence-corrected chi connectivity index (χ2v) is 4.96. The van der Waals surface area contributed by atoms with Crippen molar-refractivity contribution in [1.82, 2.24) is 10.6 Å². The van der Waals surface area contributed by atoms with Crippen molar-refractivity contribution >= 4 is 5.91 Å². The van der Waals surface area contributed by atoms with Crippen molar-refractivity contribution in [3.8, 4) is 0 Å². The molecule has 0 saturated carbocycles. The van der Waals surface area contributed by atoms with Gasteiger partial charge in [0.25, 0.3) is 0 Å². The first kappa shape index (κ1) is 16.5. The topological polar surface area (TPSA) is 41.1 Å². The summed E-state index contributed by atoms with van der Waals surface area (Å²) in [5.74, 6) is 0.119. The van der Waals surface area contributed by atoms with Gasteiger partial charge >= 0.3 is 6.18 Å². The van der Waals surface area contributed by atoms with Crippen molar-refractivity contribution in [2.75, 3.05) is 13.1 Å². The van der Waals surface area contributed by atoms with Crippen LogP contribution in [-0.2, 0) is 17.5 Å². The van der Waals surface area contributed by atoms with E-state index in [2.05, 4.69) is 10.6 Å². The van der Waals surface area contributed by atoms with E-state index in [9.17, 15) is 18.0 Å². The average Bonchev–Trinajstić information content (AvgIpc) is 2.36. The van der Waals surface area contributed by atoms with Gasteiger partial charge in [-0.2, -0.15) is 13.2 Å². The Hall–Kier alpha value is -1.56. The molecule has 0 aromatic heterocycles. The zero-order valence-electron chi connectivity index (χ0n) is 11.6. The summed E-state index contributed by atoms with van der Waals surface area (Å²) in [5.41, 5.74) is -0.535. The van der Waals surface area contributed by atoms with Crippen molar-refractivity contribution in [2.45, 2.75) is 26.6 Å². The number of hydrogen-bond donors (Lipinski definition) is 2. The van der Waals surface area contributed by atoms with Crippen molar-refractivity contribution in [3.05, 3.63) is 35.4 Å². The normalized spacial score (nSPS) is 11.7. The van der Waals surface area contributed by atoms with E-state index >= 15 is 0 Å². The SMILES string of the molecule is CC(C)CNC(=O)CNCc1ccccc1C(F)(F)F. The number of amides is 1. The molecular formula is C14H19F3N2O. The zero-order valence-corrected chi connectivity index (χ0v) is 11.6. The van der Waals surface area contributed by atoms with Gasteiger partial charge in [-0.05, 0) is 17.5 Å². The Morgan fingerprint density at radius 2 is 1.90 bits per heavy atom. The largest absolute Gasteiger partial charge is 0.416 e. The lowest BCUT2D eigenvalue weighted by molar-refractivity contribution is -0.138. The molecule has 0 atom stereocenters. The minimum atomic E-state index is -4.38. The lowest BCUT2D eigenvalue weighted by atomic mass is 10.1. The van der Waals surface area contributed by atoms with Crippen LogP contribution in [0.15, 0.2) is 24.3 Å². The molecule has 6 heteroatoms. The predicted molar refractivity (Wildman–Crippen MR) is 71.0 cm³/mol. The first-order valence-corrected chi connectivity index (χ1v) is 6.43. The summed E-state index contributed by atoms with van der Waals surface area (Å²) in [6, 6.07) is 5.34. The van der Waals surface area contributed by atoms with Crippen LogP contribution in [0.25, 0.3) is 0 Å². The van der Waals surface area contributed by atoms with Gasteiger partial charge in [0, 0.05) is 13.1 Å². The highest BCUT2D eigenvalue weighted by molar-refractivity contribution is 5.77. The number of hydrogen-bond acceptors (Lipinski definition) is 2. The van der Waals surface area contributed by atoms with Crippen LogP contribution in [0.2, 0.25) is 0 Å². The molecule has 0 aliphatic carbocycles. The second kappa shape index (κ2) is 7.28. The molecule has 2 N–H and O–H groups in total. The number of alkyl halides is 3. The van der Waals surface area contributed by atoms with Gasteiger partial charge in [-0.1, -0.05) is 32.0 Å². The van der Waals surface area contributed by atoms with Crippen LogP contribution in [0.4, 0.5) is 13.2 Å². The second-order valence-electron chi connectivity index (χ2n) is 4.96. The molecule has 0 spiro atoms. The third kappa shape index (κ3) is 5.61. The minimum Gasteiger partial charge on any atom is -0.355 e. The molecule has 0 bridgehead atoms. The van der Waals surface area contributed by atoms with Crippen molar-refractivity contribution in [3.63, 3.8) is 0 Å². The number of nitrogens with one attached hydrogen (secondary N) is 2. The van der Waals surface area contributed by atoms with Crippen LogP contribution in [0, 0.1) is 5.92 Å². The van der Waals surface area contributed by atoms with E-state index < -0.39 is 11.7 Å². The fourth-order valence-corrected chi connectivity index (χ4v) is 1.64. The Kier molecular flexibility index (Phi) is 6.01. The summed E-state index contributed by atoms with van der Waals surface area (Å²) in [5, 5.41) is 5.42. The molecule has 0 fully saturated rings. The summed E-state index contributed by atoms with van der Waals surface area (Å²) in [7, 11) is 0. The third-order valence-corrected chi connectivity index (χ3v) is 2.63. The quantitative estimate of drug-likeness (QED) is 0.844. The Bertz CT molecular complexity index is 444. The van der Waals surface area contributed by atoms with Crippen molar-refractivity contribution < 1.29 is 18.0 Å². The van der Waals surface area contributed by atoms with Crippen LogP contribution in [0.5, 0.6) is 0 Å². The van der Waals surface area contributed by atoms with E-state index in [1.807, 2.05) is 13.8 Å². The van der Waals surface area contributed by atoms with E-state index in [4.69, 9.17) is 0 Å². The van der Waals surface area contributed by atoms with Gasteiger partial charge in [-0.15, -0.1) is 0 Å². The lowest BCUT2D eigenvalue weighted by Crippen LogP contribution is -2.35. The molecule has 3 nitrogen and oxygen atoms in total. The highest BCUT2D eigenvalue weighted by Crippen LogP contribution is 2.31. The van der Waals surface area contributed by atoms with Gasteiger partial charge < -0.3 is 10.6 Å². The van der Waals surface area contributed by atoms with E-state index in [-0.39, 0.29) is 24.6 Å². The highest BCUT2D eigenvalue weighted by Gasteiger charge is 2.32. The molecular weight excluding hydrogens is 269 g/mol. The molecule has 1 aromatic carbocycles. The predicted octanol–water partition coefficient (Wildman–Crippen LogP) is 2.57. The molecule has 1 rings (SSSR count). The fraction of sp³-hybridized carbons (Fsp3) is 0.500. The summed E-state index contributed by atoms with van der Waals surface area (Å²) in [4.78, 5) is 11.4. The van der Waals surface area contributed by atoms with Crippen molar-refractivity contribution in [1.29, 1.82) is 0 Å². The van der Waals surface area contributed by atoms with E-state index in [0.717, 1.165) is 6.07 Å². The maximum Gasteiger partial charge on any atom is 0.416 e. The standard InChI is InChI=1S/C14H19F3N2O/c1-10(2)7-19-13(20)9-18-8-11-5-3-4-6-12(11)14(15,16)17/h3-6,10,18H,7-9H2,1-2H3,(H,19,20). The first-order chi connectivity index (χ1) is 9.30. The molecule has 0 radical (unpaired) electrons. The van der Waals surface area contributed by atoms with E-state index in [1.54, 1.807) is 6.07 Å². The van der Waals surface area contributed by atoms with Gasteiger partial charge in [-0.3, -0.25) is 4.79 Å². The molecule has 0 heterocycles. The van der Waals surface area contributed by atoms with Crippen LogP contribution >= 0.6 is 0 Å². The first-order valence-electron chi connectivity index (χ1n) is 6.43. The molecule has 1 aromatic rings. The maximum absolute atomic E-state index is 12.7. The number of halogens is 3. The Morgan fingerprint density at radius 3 is 2.50 bits per heavy atom. The maximum atomic E-state index is 12.7. The summed E-state index contributed by atoms with van der Waals surface area (Å²) in [6.07, 6.45) is -4.38. The minimum absolute atomic E-state index is 0.00108. The van der Waals surface area contributed by atoms with Gasteiger partial charge in [0.2, 0.25) is 5.91 Å². The monoisotopic (exact) mass is 288 g/mol. The van der Waals surface area contributed by atoms with Crippen LogP contribution in [-0.4, -0.2) is 19.0 Å². The molecule has 0 aliphatic rings. The van der Waals surface area contributed by atoms with Gasteiger partial charge in [-0.25, -0.2) is 0 Å². The fourth-order valence-electron chi connectivity index (χ4n) is 1.64. The summed E-state index contributed by atoms with van der Waals surface area (Å²) >= 11 is 0. The summed E-state index contributed by atoms with van der Waals surface area (Å²) in [6.45, 7) is 4.49. The van der Waals surface area contributed by atoms with Crippen LogP contribution < -0.4 is 10.6 Å². The van der Waals surface area contributed by atoms with Crippen LogP contribution in [0.1, 0.15) is 25.0 Å². The van der Waals surface area contributed by atoms with Crippen molar-refractivity contribution in [2.24, 2.45) is 5.92 Å². The molecule has 112 valence electrons. The molecule has 0 saturated heterocycles. The number of carbonyl (C=O) groups is 1. The number of carbonyl (C=O) groups excluding carboxylic acids is 1. The van der Waals surface area contributed by atoms with Gasteiger partial charge in [0.05, 0.1) is 12.1 Å². The Morgan fingerprint density at radius 1 is 1.25 bits per heavy atom. The molecule has 1 amide bonds. The number of benzene rings is 1. The molecule has 0 aliphatic heterocycles. The van der Waals surface area contributed by atoms with Gasteiger partial charge in [0.1, 0.15) is 0 Å². The van der Waals surface area contributed by atoms with E-state index in [0.29, 0.717) is 12.5 Å². The van der Waals surface area contributed by atoms with Crippen LogP contribution in [0.3, 0.4) is 0 Å². The number of rotatable bonds is 6. The van der Waals surface area contributed by atoms with E-state index in [1.165, 1.54) is 12.1 Å². The Balaban J connectivity index is 2.49. The smallest absolute Gasteiger partial charge is 0.355 e. The lowest BCUT2D eigenvalue weighted by Gasteiger charge is -2.13. The molecule has 20 heavy (non-hydrogen) atoms. The van der Waals surface area contributed by atoms with Gasteiger partial charge in [0.15, 0.2) is 0 Å². The summed E-state index contributed by atoms with van der Waals surface area (Å²) < 4.78 is 38.2. The molecule has 0 unspecified atom stereocenters. The average molecular weight is 288 g/mol.